The van der Waals surface area contributed by atoms with E-state index in [4.69, 9.17) is 0 Å². The Balaban J connectivity index is 1.64. The Kier molecular flexibility index (Phi) is 4.13. The summed E-state index contributed by atoms with van der Waals surface area (Å²) in [6.07, 6.45) is 3.80. The van der Waals surface area contributed by atoms with Gasteiger partial charge in [-0.2, -0.15) is 0 Å². The molecule has 4 heteroatoms. The van der Waals surface area contributed by atoms with Gasteiger partial charge < -0.3 is 5.32 Å². The van der Waals surface area contributed by atoms with Crippen molar-refractivity contribution in [2.45, 2.75) is 36.6 Å². The second kappa shape index (κ2) is 6.02. The summed E-state index contributed by atoms with van der Waals surface area (Å²) in [6.45, 7) is 0. The molecule has 0 saturated heterocycles. The van der Waals surface area contributed by atoms with Gasteiger partial charge in [0.15, 0.2) is 0 Å². The molecular weight excluding hydrogens is 286 g/mol. The first-order valence-corrected chi connectivity index (χ1v) is 8.18. The number of hydrogen-bond acceptors (Lipinski definition) is 3. The predicted molar refractivity (Wildman–Crippen MR) is 85.5 cm³/mol. The van der Waals surface area contributed by atoms with Crippen LogP contribution < -0.4 is 5.32 Å². The van der Waals surface area contributed by atoms with Gasteiger partial charge in [-0.15, -0.1) is 24.0 Å². The summed E-state index contributed by atoms with van der Waals surface area (Å²) in [5.41, 5.74) is 2.35. The maximum Gasteiger partial charge on any atom is 0.224 e. The lowest BCUT2D eigenvalue weighted by Gasteiger charge is -2.23. The van der Waals surface area contributed by atoms with Crippen LogP contribution in [-0.4, -0.2) is 5.91 Å². The van der Waals surface area contributed by atoms with E-state index in [0.717, 1.165) is 29.7 Å². The fourth-order valence-corrected chi connectivity index (χ4v) is 3.82. The summed E-state index contributed by atoms with van der Waals surface area (Å²) >= 11 is 6.05. The lowest BCUT2D eigenvalue weighted by atomic mass is 9.94. The molecule has 0 fully saturated rings. The minimum absolute atomic E-state index is 0.0981. The summed E-state index contributed by atoms with van der Waals surface area (Å²) < 4.78 is 0. The largest absolute Gasteiger partial charge is 0.349 e. The number of thiophene rings is 1. The third-order valence-electron chi connectivity index (χ3n) is 3.69. The standard InChI is InChI=1S/C16H17NOS2/c18-16(10-11-4-6-12(19)7-5-11)17-14-2-1-3-15-13(14)8-9-20-15/h4-9,14,19H,1-3,10H2,(H,17,18). The van der Waals surface area contributed by atoms with E-state index >= 15 is 0 Å². The molecule has 1 aromatic carbocycles. The van der Waals surface area contributed by atoms with Crippen molar-refractivity contribution >= 4 is 29.9 Å². The zero-order valence-corrected chi connectivity index (χ0v) is 12.8. The van der Waals surface area contributed by atoms with Crippen LogP contribution in [0.2, 0.25) is 0 Å². The van der Waals surface area contributed by atoms with Crippen LogP contribution in [-0.2, 0) is 17.6 Å². The Bertz CT molecular complexity index is 603. The zero-order valence-electron chi connectivity index (χ0n) is 11.1. The number of carbonyl (C=O) groups excluding carboxylic acids is 1. The van der Waals surface area contributed by atoms with Crippen molar-refractivity contribution in [1.82, 2.24) is 5.32 Å². The average Bonchev–Trinajstić information content (AvgIpc) is 2.91. The van der Waals surface area contributed by atoms with E-state index in [1.165, 1.54) is 10.4 Å². The molecular formula is C16H17NOS2. The van der Waals surface area contributed by atoms with Gasteiger partial charge in [-0.3, -0.25) is 4.79 Å². The number of benzene rings is 1. The molecule has 1 amide bonds. The van der Waals surface area contributed by atoms with E-state index in [-0.39, 0.29) is 11.9 Å². The molecule has 2 nitrogen and oxygen atoms in total. The Morgan fingerprint density at radius 2 is 2.10 bits per heavy atom. The maximum atomic E-state index is 12.2. The number of hydrogen-bond donors (Lipinski definition) is 2. The molecule has 1 aromatic heterocycles. The lowest BCUT2D eigenvalue weighted by Crippen LogP contribution is -2.31. The molecule has 2 aromatic rings. The monoisotopic (exact) mass is 303 g/mol. The molecule has 1 atom stereocenters. The lowest BCUT2D eigenvalue weighted by molar-refractivity contribution is -0.121. The van der Waals surface area contributed by atoms with Crippen LogP contribution in [0.1, 0.15) is 34.9 Å². The summed E-state index contributed by atoms with van der Waals surface area (Å²) in [4.78, 5) is 14.5. The minimum atomic E-state index is 0.0981. The van der Waals surface area contributed by atoms with E-state index in [2.05, 4.69) is 29.4 Å². The van der Waals surface area contributed by atoms with E-state index in [1.807, 2.05) is 24.3 Å². The molecule has 1 aliphatic rings. The molecule has 3 rings (SSSR count). The Morgan fingerprint density at radius 1 is 1.30 bits per heavy atom. The van der Waals surface area contributed by atoms with Gasteiger partial charge in [-0.1, -0.05) is 12.1 Å². The second-order valence-corrected chi connectivity index (χ2v) is 6.67. The summed E-state index contributed by atoms with van der Waals surface area (Å²) in [6, 6.07) is 10.1. The first kappa shape index (κ1) is 13.7. The van der Waals surface area contributed by atoms with Gasteiger partial charge in [0.1, 0.15) is 0 Å². The van der Waals surface area contributed by atoms with Crippen molar-refractivity contribution in [3.63, 3.8) is 0 Å². The molecule has 1 heterocycles. The topological polar surface area (TPSA) is 29.1 Å². The number of amides is 1. The summed E-state index contributed by atoms with van der Waals surface area (Å²) in [7, 11) is 0. The fourth-order valence-electron chi connectivity index (χ4n) is 2.68. The third-order valence-corrected chi connectivity index (χ3v) is 4.98. The van der Waals surface area contributed by atoms with Gasteiger partial charge in [-0.25, -0.2) is 0 Å². The van der Waals surface area contributed by atoms with Crippen LogP contribution in [0.15, 0.2) is 40.6 Å². The first-order valence-electron chi connectivity index (χ1n) is 6.86. The van der Waals surface area contributed by atoms with Crippen molar-refractivity contribution in [2.75, 3.05) is 0 Å². The molecule has 0 bridgehead atoms. The Hall–Kier alpha value is -1.26. The first-order chi connectivity index (χ1) is 9.72. The highest BCUT2D eigenvalue weighted by molar-refractivity contribution is 7.80. The smallest absolute Gasteiger partial charge is 0.224 e. The van der Waals surface area contributed by atoms with Crippen LogP contribution in [0.5, 0.6) is 0 Å². The van der Waals surface area contributed by atoms with Gasteiger partial charge >= 0.3 is 0 Å². The van der Waals surface area contributed by atoms with Crippen LogP contribution in [0, 0.1) is 0 Å². The van der Waals surface area contributed by atoms with Crippen molar-refractivity contribution in [3.8, 4) is 0 Å². The molecule has 0 spiro atoms. The molecule has 1 aliphatic carbocycles. The van der Waals surface area contributed by atoms with E-state index < -0.39 is 0 Å². The summed E-state index contributed by atoms with van der Waals surface area (Å²) in [5.74, 6) is 0.0981. The third kappa shape index (κ3) is 3.07. The van der Waals surface area contributed by atoms with Gasteiger partial charge in [0.25, 0.3) is 0 Å². The molecule has 1 unspecified atom stereocenters. The maximum absolute atomic E-state index is 12.2. The number of rotatable bonds is 3. The van der Waals surface area contributed by atoms with Gasteiger partial charge in [-0.05, 0) is 54.0 Å². The van der Waals surface area contributed by atoms with Crippen LogP contribution >= 0.6 is 24.0 Å². The number of nitrogens with one attached hydrogen (secondary N) is 1. The highest BCUT2D eigenvalue weighted by Crippen LogP contribution is 2.33. The van der Waals surface area contributed by atoms with Crippen LogP contribution in [0.25, 0.3) is 0 Å². The van der Waals surface area contributed by atoms with Crippen LogP contribution in [0.3, 0.4) is 0 Å². The minimum Gasteiger partial charge on any atom is -0.349 e. The number of aryl methyl sites for hydroxylation is 1. The molecule has 0 saturated carbocycles. The zero-order chi connectivity index (χ0) is 13.9. The molecule has 1 N–H and O–H groups in total. The Labute approximate surface area is 128 Å². The van der Waals surface area contributed by atoms with Crippen LogP contribution in [0.4, 0.5) is 0 Å². The average molecular weight is 303 g/mol. The van der Waals surface area contributed by atoms with Gasteiger partial charge in [0.2, 0.25) is 5.91 Å². The van der Waals surface area contributed by atoms with E-state index in [0.29, 0.717) is 6.42 Å². The number of fused-ring (bicyclic) bond motifs is 1. The second-order valence-electron chi connectivity index (χ2n) is 5.15. The Morgan fingerprint density at radius 3 is 2.90 bits per heavy atom. The molecule has 0 radical (unpaired) electrons. The molecule has 104 valence electrons. The summed E-state index contributed by atoms with van der Waals surface area (Å²) in [5, 5.41) is 5.30. The van der Waals surface area contributed by atoms with E-state index in [1.54, 1.807) is 11.3 Å². The predicted octanol–water partition coefficient (Wildman–Crippen LogP) is 3.77. The number of thiol groups is 1. The molecule has 0 aliphatic heterocycles. The van der Waals surface area contributed by atoms with Gasteiger partial charge in [0, 0.05) is 9.77 Å². The highest BCUT2D eigenvalue weighted by atomic mass is 32.1. The van der Waals surface area contributed by atoms with Crippen molar-refractivity contribution in [3.05, 3.63) is 51.7 Å². The van der Waals surface area contributed by atoms with Gasteiger partial charge in [0.05, 0.1) is 12.5 Å². The fraction of sp³-hybridized carbons (Fsp3) is 0.312. The van der Waals surface area contributed by atoms with Crippen molar-refractivity contribution in [2.24, 2.45) is 0 Å². The van der Waals surface area contributed by atoms with Crippen molar-refractivity contribution in [1.29, 1.82) is 0 Å². The quantitative estimate of drug-likeness (QED) is 0.830. The normalized spacial score (nSPS) is 17.6. The number of carbonyl (C=O) groups is 1. The SMILES string of the molecule is O=C(Cc1ccc(S)cc1)NC1CCCc2sccc21. The van der Waals surface area contributed by atoms with Crippen molar-refractivity contribution < 1.29 is 4.79 Å². The van der Waals surface area contributed by atoms with E-state index in [9.17, 15) is 4.79 Å². The highest BCUT2D eigenvalue weighted by Gasteiger charge is 2.22. The molecule has 20 heavy (non-hydrogen) atoms.